The van der Waals surface area contributed by atoms with Gasteiger partial charge in [-0.2, -0.15) is 0 Å². The monoisotopic (exact) mass is 693 g/mol. The zero-order valence-electron chi connectivity index (χ0n) is 31.5. The van der Waals surface area contributed by atoms with Crippen LogP contribution in [0.2, 0.25) is 0 Å². The van der Waals surface area contributed by atoms with E-state index in [-0.39, 0.29) is 23.4 Å². The maximum atomic E-state index is 14.2. The van der Waals surface area contributed by atoms with Crippen molar-refractivity contribution in [2.24, 2.45) is 0 Å². The summed E-state index contributed by atoms with van der Waals surface area (Å²) in [5.74, 6) is 6.98. The minimum absolute atomic E-state index is 0.124. The quantitative estimate of drug-likeness (QED) is 0.0852. The molecule has 272 valence electrons. The second kappa shape index (κ2) is 19.8. The van der Waals surface area contributed by atoms with Gasteiger partial charge in [0, 0.05) is 55.7 Å². The molecule has 0 unspecified atom stereocenters. The molecular formula is C42H55N5O4. The number of carbonyl (C=O) groups excluding carboxylic acids is 1. The van der Waals surface area contributed by atoms with Crippen molar-refractivity contribution >= 4 is 28.4 Å². The number of unbranched alkanes of at least 4 members (excludes halogenated alkanes) is 1. The first-order valence-corrected chi connectivity index (χ1v) is 18.4. The number of nitrogens with zero attached hydrogens (tertiary/aromatic N) is 3. The molecule has 9 heteroatoms. The van der Waals surface area contributed by atoms with Gasteiger partial charge < -0.3 is 19.8 Å². The number of amides is 2. The molecule has 0 aliphatic rings. The number of aromatic amines is 1. The number of fused-ring (bicyclic) bond motifs is 1. The Hall–Kier alpha value is -4.49. The highest BCUT2D eigenvalue weighted by molar-refractivity contribution is 6.03. The number of benzene rings is 2. The molecule has 0 aliphatic heterocycles. The molecule has 0 aliphatic carbocycles. The van der Waals surface area contributed by atoms with Crippen LogP contribution in [0.4, 0.5) is 16.2 Å². The summed E-state index contributed by atoms with van der Waals surface area (Å²) in [5.41, 5.74) is 6.40. The molecule has 0 atom stereocenters. The summed E-state index contributed by atoms with van der Waals surface area (Å²) in [6.45, 7) is 20.0. The highest BCUT2D eigenvalue weighted by atomic mass is 16.5. The number of nitrogens with one attached hydrogen (secondary N) is 2. The molecule has 0 bridgehead atoms. The fraction of sp³-hybridized carbons (Fsp3) is 0.452. The van der Waals surface area contributed by atoms with Crippen molar-refractivity contribution in [3.05, 3.63) is 87.8 Å². The molecule has 2 amide bonds. The summed E-state index contributed by atoms with van der Waals surface area (Å²) in [6, 6.07) is 17.8. The van der Waals surface area contributed by atoms with Crippen LogP contribution >= 0.6 is 0 Å². The summed E-state index contributed by atoms with van der Waals surface area (Å²) < 4.78 is 11.2. The first-order valence-electron chi connectivity index (χ1n) is 18.4. The number of hydrogen-bond acceptors (Lipinski definition) is 6. The van der Waals surface area contributed by atoms with Crippen molar-refractivity contribution in [1.29, 1.82) is 0 Å². The topological polar surface area (TPSA) is 99.8 Å². The predicted octanol–water partition coefficient (Wildman–Crippen LogP) is 8.40. The van der Waals surface area contributed by atoms with E-state index in [0.717, 1.165) is 64.8 Å². The first kappa shape index (κ1) is 39.3. The number of rotatable bonds is 17. The molecule has 0 radical (unpaired) electrons. The lowest BCUT2D eigenvalue weighted by atomic mass is 9.88. The standard InChI is InChI=1S/C42H55N5O4/c1-8-11-21-47(38-29-34-18-13-19-43-40(34)45-41(38)48)42(49)44-39-36(30(4)5)27-35(28-37(39)31(6)7)33-17-12-15-32(26-33)16-14-20-46(22-24-50-9-2)23-25-51-10-3/h12-13,15,17-19,26-31H,8-11,20-25H2,1-7H3,(H,44,49)(H,43,45,48). The normalized spacial score (nSPS) is 11.3. The van der Waals surface area contributed by atoms with Gasteiger partial charge in [-0.3, -0.25) is 14.6 Å². The van der Waals surface area contributed by atoms with Crippen molar-refractivity contribution < 1.29 is 14.3 Å². The van der Waals surface area contributed by atoms with Crippen LogP contribution in [-0.4, -0.2) is 73.5 Å². The first-order chi connectivity index (χ1) is 24.7. The lowest BCUT2D eigenvalue weighted by molar-refractivity contribution is 0.0885. The molecule has 0 spiro atoms. The molecule has 2 aromatic heterocycles. The van der Waals surface area contributed by atoms with Crippen LogP contribution in [-0.2, 0) is 9.47 Å². The minimum atomic E-state index is -0.345. The second-order valence-electron chi connectivity index (χ2n) is 13.3. The fourth-order valence-electron chi connectivity index (χ4n) is 5.93. The molecule has 4 aromatic rings. The Kier molecular flexibility index (Phi) is 15.2. The van der Waals surface area contributed by atoms with Crippen LogP contribution < -0.4 is 15.8 Å². The van der Waals surface area contributed by atoms with Gasteiger partial charge in [-0.1, -0.05) is 65.0 Å². The van der Waals surface area contributed by atoms with Crippen molar-refractivity contribution in [2.45, 2.75) is 73.1 Å². The Labute approximate surface area is 303 Å². The molecule has 0 saturated heterocycles. The summed E-state index contributed by atoms with van der Waals surface area (Å²) in [6.07, 6.45) is 3.27. The lowest BCUT2D eigenvalue weighted by Crippen LogP contribution is -2.39. The van der Waals surface area contributed by atoms with Crippen LogP contribution in [0.5, 0.6) is 0 Å². The van der Waals surface area contributed by atoms with Gasteiger partial charge in [0.15, 0.2) is 0 Å². The third kappa shape index (κ3) is 11.0. The van der Waals surface area contributed by atoms with Crippen molar-refractivity contribution in [2.75, 3.05) is 62.8 Å². The van der Waals surface area contributed by atoms with Crippen LogP contribution in [0.1, 0.15) is 89.8 Å². The highest BCUT2D eigenvalue weighted by Crippen LogP contribution is 2.38. The number of H-pyrrole nitrogens is 1. The Morgan fingerprint density at radius 2 is 1.57 bits per heavy atom. The van der Waals surface area contributed by atoms with E-state index in [4.69, 9.17) is 9.47 Å². The van der Waals surface area contributed by atoms with Crippen molar-refractivity contribution in [1.82, 2.24) is 14.9 Å². The highest BCUT2D eigenvalue weighted by Gasteiger charge is 2.24. The lowest BCUT2D eigenvalue weighted by Gasteiger charge is -2.27. The number of ether oxygens (including phenoxy) is 2. The van der Waals surface area contributed by atoms with E-state index in [1.807, 2.05) is 38.1 Å². The van der Waals surface area contributed by atoms with Gasteiger partial charge in [0.25, 0.3) is 5.56 Å². The number of hydrogen-bond donors (Lipinski definition) is 2. The van der Waals surface area contributed by atoms with E-state index in [9.17, 15) is 9.59 Å². The van der Waals surface area contributed by atoms with Crippen LogP contribution in [0.25, 0.3) is 22.2 Å². The summed E-state index contributed by atoms with van der Waals surface area (Å²) >= 11 is 0. The van der Waals surface area contributed by atoms with Gasteiger partial charge >= 0.3 is 6.03 Å². The summed E-state index contributed by atoms with van der Waals surface area (Å²) in [5, 5.41) is 4.03. The van der Waals surface area contributed by atoms with Gasteiger partial charge in [0.2, 0.25) is 0 Å². The van der Waals surface area contributed by atoms with Gasteiger partial charge in [0.05, 0.1) is 19.8 Å². The largest absolute Gasteiger partial charge is 0.380 e. The van der Waals surface area contributed by atoms with Crippen LogP contribution in [0.15, 0.2) is 65.6 Å². The number of pyridine rings is 2. The van der Waals surface area contributed by atoms with Gasteiger partial charge in [-0.15, -0.1) is 0 Å². The maximum Gasteiger partial charge on any atom is 0.326 e. The average molecular weight is 694 g/mol. The summed E-state index contributed by atoms with van der Waals surface area (Å²) in [4.78, 5) is 38.4. The molecule has 2 aromatic carbocycles. The van der Waals surface area contributed by atoms with Crippen LogP contribution in [0.3, 0.4) is 0 Å². The molecule has 9 nitrogen and oxygen atoms in total. The van der Waals surface area contributed by atoms with E-state index in [1.165, 1.54) is 0 Å². The molecule has 2 heterocycles. The second-order valence-corrected chi connectivity index (χ2v) is 13.3. The smallest absolute Gasteiger partial charge is 0.326 e. The van der Waals surface area contributed by atoms with E-state index in [0.29, 0.717) is 50.9 Å². The Morgan fingerprint density at radius 3 is 2.20 bits per heavy atom. The van der Waals surface area contributed by atoms with E-state index in [2.05, 4.69) is 90.9 Å². The third-order valence-corrected chi connectivity index (χ3v) is 8.79. The van der Waals surface area contributed by atoms with Crippen molar-refractivity contribution in [3.63, 3.8) is 0 Å². The zero-order chi connectivity index (χ0) is 36.8. The zero-order valence-corrected chi connectivity index (χ0v) is 31.5. The summed E-state index contributed by atoms with van der Waals surface area (Å²) in [7, 11) is 0. The average Bonchev–Trinajstić information content (AvgIpc) is 3.11. The molecule has 4 rings (SSSR count). The van der Waals surface area contributed by atoms with Gasteiger partial charge in [-0.25, -0.2) is 9.78 Å². The van der Waals surface area contributed by atoms with Gasteiger partial charge in [-0.05, 0) is 96.8 Å². The maximum absolute atomic E-state index is 14.2. The Balaban J connectivity index is 1.65. The Morgan fingerprint density at radius 1 is 0.882 bits per heavy atom. The van der Waals surface area contributed by atoms with Crippen LogP contribution in [0, 0.1) is 11.8 Å². The number of carbonyl (C=O) groups is 1. The van der Waals surface area contributed by atoms with E-state index >= 15 is 0 Å². The predicted molar refractivity (Wildman–Crippen MR) is 210 cm³/mol. The minimum Gasteiger partial charge on any atom is -0.380 e. The molecular weight excluding hydrogens is 638 g/mol. The number of urea groups is 1. The fourth-order valence-corrected chi connectivity index (χ4v) is 5.93. The van der Waals surface area contributed by atoms with Gasteiger partial charge in [0.1, 0.15) is 11.3 Å². The van der Waals surface area contributed by atoms with Crippen molar-refractivity contribution in [3.8, 4) is 23.0 Å². The van der Waals surface area contributed by atoms with E-state index in [1.54, 1.807) is 17.2 Å². The Bertz CT molecular complexity index is 1820. The van der Waals surface area contributed by atoms with E-state index < -0.39 is 0 Å². The molecule has 2 N–H and O–H groups in total. The molecule has 0 saturated carbocycles. The third-order valence-electron chi connectivity index (χ3n) is 8.79. The molecule has 0 fully saturated rings. The number of aromatic nitrogens is 2. The number of anilines is 2. The SMILES string of the molecule is CCCCN(C(=O)Nc1c(C(C)C)cc(-c2cccc(C#CCN(CCOCC)CCOCC)c2)cc1C(C)C)c1cc2cccnc2[nH]c1=O. The molecule has 51 heavy (non-hydrogen) atoms.